The molecule has 0 aromatic rings. The molecule has 8 nitrogen and oxygen atoms in total. The molecule has 0 spiro atoms. The van der Waals surface area contributed by atoms with Crippen LogP contribution in [0.15, 0.2) is 0 Å². The van der Waals surface area contributed by atoms with E-state index in [1.54, 1.807) is 4.90 Å². The molecule has 2 fully saturated rings. The van der Waals surface area contributed by atoms with E-state index in [1.165, 1.54) is 10.6 Å². The minimum atomic E-state index is -3.22. The van der Waals surface area contributed by atoms with Crippen LogP contribution in [0.4, 0.5) is 4.79 Å². The van der Waals surface area contributed by atoms with Crippen LogP contribution in [0.5, 0.6) is 0 Å². The van der Waals surface area contributed by atoms with Gasteiger partial charge in [0.25, 0.3) is 0 Å². The van der Waals surface area contributed by atoms with E-state index in [-0.39, 0.29) is 23.9 Å². The number of likely N-dealkylation sites (tertiary alicyclic amines) is 1. The van der Waals surface area contributed by atoms with Crippen LogP contribution in [0.1, 0.15) is 39.5 Å². The summed E-state index contributed by atoms with van der Waals surface area (Å²) in [6, 6.07) is -0.305. The van der Waals surface area contributed by atoms with Crippen LogP contribution in [0, 0.1) is 5.92 Å². The van der Waals surface area contributed by atoms with Crippen LogP contribution in [0.25, 0.3) is 0 Å². The van der Waals surface area contributed by atoms with E-state index in [0.29, 0.717) is 52.1 Å². The van der Waals surface area contributed by atoms with Crippen LogP contribution < -0.4 is 5.32 Å². The lowest BCUT2D eigenvalue weighted by Gasteiger charge is -2.36. The second kappa shape index (κ2) is 9.03. The van der Waals surface area contributed by atoms with Gasteiger partial charge in [-0.1, -0.05) is 0 Å². The highest BCUT2D eigenvalue weighted by molar-refractivity contribution is 7.88. The molecule has 0 bridgehead atoms. The molecule has 0 aliphatic carbocycles. The van der Waals surface area contributed by atoms with E-state index in [1.807, 2.05) is 18.7 Å². The molecular formula is C17H32N4O4S. The molecular weight excluding hydrogens is 356 g/mol. The Labute approximate surface area is 156 Å². The lowest BCUT2D eigenvalue weighted by Crippen LogP contribution is -2.54. The third kappa shape index (κ3) is 5.33. The fourth-order valence-electron chi connectivity index (χ4n) is 3.75. The van der Waals surface area contributed by atoms with Gasteiger partial charge in [-0.15, -0.1) is 0 Å². The molecule has 3 amide bonds. The van der Waals surface area contributed by atoms with E-state index in [9.17, 15) is 18.0 Å². The van der Waals surface area contributed by atoms with Crippen LogP contribution in [-0.4, -0.2) is 86.0 Å². The molecule has 2 rings (SSSR count). The molecule has 0 aromatic carbocycles. The van der Waals surface area contributed by atoms with Crippen molar-refractivity contribution in [3.63, 3.8) is 0 Å². The lowest BCUT2D eigenvalue weighted by molar-refractivity contribution is -0.136. The SMILES string of the molecule is CCN(CC)C(=O)C1CCN(C(=O)NC2CCCN(S(C)(=O)=O)C2)CC1. The summed E-state index contributed by atoms with van der Waals surface area (Å²) in [4.78, 5) is 28.5. The molecule has 2 saturated heterocycles. The first-order valence-corrected chi connectivity index (χ1v) is 11.4. The average molecular weight is 389 g/mol. The topological polar surface area (TPSA) is 90.0 Å². The van der Waals surface area contributed by atoms with E-state index in [4.69, 9.17) is 0 Å². The first-order chi connectivity index (χ1) is 12.3. The smallest absolute Gasteiger partial charge is 0.317 e. The number of rotatable bonds is 5. The van der Waals surface area contributed by atoms with Crippen molar-refractivity contribution in [3.8, 4) is 0 Å². The van der Waals surface area contributed by atoms with Crippen molar-refractivity contribution in [1.29, 1.82) is 0 Å². The zero-order chi connectivity index (χ0) is 19.3. The standard InChI is InChI=1S/C17H32N4O4S/c1-4-19(5-2)16(22)14-8-11-20(12-9-14)17(23)18-15-7-6-10-21(13-15)26(3,24)25/h14-15H,4-13H2,1-3H3,(H,18,23). The number of nitrogens with one attached hydrogen (secondary N) is 1. The maximum atomic E-state index is 12.5. The highest BCUT2D eigenvalue weighted by Gasteiger charge is 2.31. The van der Waals surface area contributed by atoms with E-state index in [2.05, 4.69) is 5.32 Å². The number of urea groups is 1. The van der Waals surface area contributed by atoms with Crippen molar-refractivity contribution >= 4 is 22.0 Å². The van der Waals surface area contributed by atoms with Gasteiger partial charge in [-0.2, -0.15) is 0 Å². The van der Waals surface area contributed by atoms with Crippen molar-refractivity contribution in [3.05, 3.63) is 0 Å². The summed E-state index contributed by atoms with van der Waals surface area (Å²) < 4.78 is 24.8. The summed E-state index contributed by atoms with van der Waals surface area (Å²) in [7, 11) is -3.22. The fraction of sp³-hybridized carbons (Fsp3) is 0.882. The number of amides is 3. The number of piperidine rings is 2. The van der Waals surface area contributed by atoms with Crippen LogP contribution in [-0.2, 0) is 14.8 Å². The van der Waals surface area contributed by atoms with Gasteiger partial charge in [0.1, 0.15) is 0 Å². The minimum absolute atomic E-state index is 0.00523. The van der Waals surface area contributed by atoms with Crippen LogP contribution in [0.2, 0.25) is 0 Å². The fourth-order valence-corrected chi connectivity index (χ4v) is 4.66. The first kappa shape index (κ1) is 21.0. The summed E-state index contributed by atoms with van der Waals surface area (Å²) >= 11 is 0. The minimum Gasteiger partial charge on any atom is -0.343 e. The van der Waals surface area contributed by atoms with Crippen LogP contribution in [0.3, 0.4) is 0 Å². The largest absolute Gasteiger partial charge is 0.343 e. The van der Waals surface area contributed by atoms with E-state index >= 15 is 0 Å². The van der Waals surface area contributed by atoms with Gasteiger partial charge in [0.15, 0.2) is 0 Å². The monoisotopic (exact) mass is 388 g/mol. The van der Waals surface area contributed by atoms with Crippen LogP contribution >= 0.6 is 0 Å². The Bertz CT molecular complexity index is 598. The molecule has 0 radical (unpaired) electrons. The van der Waals surface area contributed by atoms with Crippen molar-refractivity contribution in [2.45, 2.75) is 45.6 Å². The molecule has 0 aromatic heterocycles. The number of nitrogens with zero attached hydrogens (tertiary/aromatic N) is 3. The zero-order valence-electron chi connectivity index (χ0n) is 16.1. The molecule has 150 valence electrons. The molecule has 2 aliphatic rings. The third-order valence-electron chi connectivity index (χ3n) is 5.39. The highest BCUT2D eigenvalue weighted by atomic mass is 32.2. The van der Waals surface area contributed by atoms with Crippen molar-refractivity contribution in [2.75, 3.05) is 45.5 Å². The van der Waals surface area contributed by atoms with Gasteiger partial charge < -0.3 is 15.1 Å². The van der Waals surface area contributed by atoms with Gasteiger partial charge >= 0.3 is 6.03 Å². The Balaban J connectivity index is 1.82. The maximum absolute atomic E-state index is 12.5. The molecule has 1 N–H and O–H groups in total. The van der Waals surface area contributed by atoms with Crippen molar-refractivity contribution in [2.24, 2.45) is 5.92 Å². The zero-order valence-corrected chi connectivity index (χ0v) is 16.9. The Morgan fingerprint density at radius 2 is 1.69 bits per heavy atom. The maximum Gasteiger partial charge on any atom is 0.317 e. The Kier molecular flexibility index (Phi) is 7.28. The van der Waals surface area contributed by atoms with Gasteiger partial charge in [0.05, 0.1) is 6.26 Å². The second-order valence-electron chi connectivity index (χ2n) is 7.18. The number of hydrogen-bond acceptors (Lipinski definition) is 4. The second-order valence-corrected chi connectivity index (χ2v) is 9.16. The van der Waals surface area contributed by atoms with Crippen molar-refractivity contribution in [1.82, 2.24) is 19.4 Å². The van der Waals surface area contributed by atoms with Gasteiger partial charge in [-0.05, 0) is 39.5 Å². The summed E-state index contributed by atoms with van der Waals surface area (Å²) in [5.41, 5.74) is 0. The normalized spacial score (nSPS) is 22.9. The number of hydrogen-bond donors (Lipinski definition) is 1. The molecule has 2 aliphatic heterocycles. The Morgan fingerprint density at radius 3 is 2.23 bits per heavy atom. The predicted molar refractivity (Wildman–Crippen MR) is 100 cm³/mol. The summed E-state index contributed by atoms with van der Waals surface area (Å²) in [6.07, 6.45) is 4.10. The molecule has 0 saturated carbocycles. The summed E-state index contributed by atoms with van der Waals surface area (Å²) in [5.74, 6) is 0.181. The van der Waals surface area contributed by atoms with Gasteiger partial charge in [0.2, 0.25) is 15.9 Å². The molecule has 2 heterocycles. The van der Waals surface area contributed by atoms with Gasteiger partial charge in [0, 0.05) is 51.2 Å². The van der Waals surface area contributed by atoms with Gasteiger partial charge in [-0.3, -0.25) is 4.79 Å². The predicted octanol–water partition coefficient (Wildman–Crippen LogP) is 0.700. The van der Waals surface area contributed by atoms with Gasteiger partial charge in [-0.25, -0.2) is 17.5 Å². The van der Waals surface area contributed by atoms with E-state index < -0.39 is 10.0 Å². The average Bonchev–Trinajstić information content (AvgIpc) is 2.62. The van der Waals surface area contributed by atoms with E-state index in [0.717, 1.165) is 12.8 Å². The highest BCUT2D eigenvalue weighted by Crippen LogP contribution is 2.20. The quantitative estimate of drug-likeness (QED) is 0.751. The number of carbonyl (C=O) groups excluding carboxylic acids is 2. The Morgan fingerprint density at radius 1 is 1.08 bits per heavy atom. The first-order valence-electron chi connectivity index (χ1n) is 9.55. The number of carbonyl (C=O) groups is 2. The summed E-state index contributed by atoms with van der Waals surface area (Å²) in [5, 5.41) is 2.97. The molecule has 26 heavy (non-hydrogen) atoms. The third-order valence-corrected chi connectivity index (χ3v) is 6.66. The molecule has 1 atom stereocenters. The lowest BCUT2D eigenvalue weighted by atomic mass is 9.95. The molecule has 1 unspecified atom stereocenters. The van der Waals surface area contributed by atoms with Crippen molar-refractivity contribution < 1.29 is 18.0 Å². The number of sulfonamides is 1. The Hall–Kier alpha value is -1.35. The summed E-state index contributed by atoms with van der Waals surface area (Å²) in [6.45, 7) is 7.37. The molecule has 9 heteroatoms.